The number of rotatable bonds is 2. The van der Waals surface area contributed by atoms with Gasteiger partial charge in [-0.05, 0) is 43.0 Å². The van der Waals surface area contributed by atoms with Crippen molar-refractivity contribution in [1.29, 1.82) is 0 Å². The number of nitrogens with zero attached hydrogens (tertiary/aromatic N) is 2. The molecule has 1 heterocycles. The molecule has 0 saturated carbocycles. The van der Waals surface area contributed by atoms with Gasteiger partial charge >= 0.3 is 0 Å². The van der Waals surface area contributed by atoms with Crippen molar-refractivity contribution >= 4 is 17.2 Å². The molecule has 0 saturated heterocycles. The van der Waals surface area contributed by atoms with Crippen LogP contribution in [-0.2, 0) is 0 Å². The number of hydrogen-bond acceptors (Lipinski definition) is 1. The summed E-state index contributed by atoms with van der Waals surface area (Å²) in [5, 5.41) is 4.58. The average Bonchev–Trinajstić information content (AvgIpc) is 2.89. The Hall–Kier alpha value is -1.54. The molecule has 0 radical (unpaired) electrons. The molecular formula is C15H15ClN2. The molecule has 18 heavy (non-hydrogen) atoms. The normalized spacial score (nSPS) is 19.6. The summed E-state index contributed by atoms with van der Waals surface area (Å²) in [6.07, 6.45) is 7.33. The topological polar surface area (TPSA) is 17.8 Å². The number of allylic oxidation sites excluding steroid dienone is 2. The summed E-state index contributed by atoms with van der Waals surface area (Å²) in [5.41, 5.74) is 3.56. The molecule has 2 nitrogen and oxygen atoms in total. The first-order valence-electron chi connectivity index (χ1n) is 6.29. The minimum Gasteiger partial charge on any atom is -0.233 e. The van der Waals surface area contributed by atoms with Crippen molar-refractivity contribution < 1.29 is 0 Å². The average molecular weight is 259 g/mol. The SMILES string of the molecule is ClC1C=C(c2ccnn2-c2ccccc2)CCC1. The van der Waals surface area contributed by atoms with Gasteiger partial charge in [-0.3, -0.25) is 0 Å². The van der Waals surface area contributed by atoms with Gasteiger partial charge in [-0.2, -0.15) is 5.10 Å². The van der Waals surface area contributed by atoms with Gasteiger partial charge in [0, 0.05) is 0 Å². The molecule has 1 aliphatic rings. The van der Waals surface area contributed by atoms with Gasteiger partial charge in [0.15, 0.2) is 0 Å². The van der Waals surface area contributed by atoms with E-state index in [1.165, 1.54) is 5.57 Å². The van der Waals surface area contributed by atoms with Gasteiger partial charge in [0.25, 0.3) is 0 Å². The maximum Gasteiger partial charge on any atom is 0.0697 e. The van der Waals surface area contributed by atoms with Crippen LogP contribution in [0, 0.1) is 0 Å². The second-order valence-corrected chi connectivity index (χ2v) is 5.12. The van der Waals surface area contributed by atoms with Crippen molar-refractivity contribution in [2.45, 2.75) is 24.6 Å². The van der Waals surface area contributed by atoms with E-state index >= 15 is 0 Å². The molecule has 0 N–H and O–H groups in total. The molecule has 1 aromatic heterocycles. The van der Waals surface area contributed by atoms with Crippen molar-refractivity contribution in [3.05, 3.63) is 54.4 Å². The van der Waals surface area contributed by atoms with Gasteiger partial charge in [0.1, 0.15) is 0 Å². The highest BCUT2D eigenvalue weighted by atomic mass is 35.5. The van der Waals surface area contributed by atoms with E-state index < -0.39 is 0 Å². The third-order valence-electron chi connectivity index (χ3n) is 3.28. The lowest BCUT2D eigenvalue weighted by atomic mass is 9.97. The predicted octanol–water partition coefficient (Wildman–Crippen LogP) is 4.05. The van der Waals surface area contributed by atoms with E-state index in [0.717, 1.165) is 30.6 Å². The second-order valence-electron chi connectivity index (χ2n) is 4.56. The van der Waals surface area contributed by atoms with Crippen LogP contribution in [0.15, 0.2) is 48.7 Å². The summed E-state index contributed by atoms with van der Waals surface area (Å²) in [6.45, 7) is 0. The Morgan fingerprint density at radius 2 is 2.00 bits per heavy atom. The highest BCUT2D eigenvalue weighted by Crippen LogP contribution is 2.30. The molecule has 0 spiro atoms. The molecule has 3 heteroatoms. The summed E-state index contributed by atoms with van der Waals surface area (Å²) in [4.78, 5) is 0. The molecule has 1 unspecified atom stereocenters. The number of aromatic nitrogens is 2. The lowest BCUT2D eigenvalue weighted by molar-refractivity contribution is 0.738. The molecule has 0 aliphatic heterocycles. The number of hydrogen-bond donors (Lipinski definition) is 0. The molecule has 1 aliphatic carbocycles. The third kappa shape index (κ3) is 2.21. The molecule has 2 aromatic rings. The highest BCUT2D eigenvalue weighted by molar-refractivity contribution is 6.22. The van der Waals surface area contributed by atoms with E-state index in [9.17, 15) is 0 Å². The van der Waals surface area contributed by atoms with E-state index in [0.29, 0.717) is 0 Å². The fourth-order valence-electron chi connectivity index (χ4n) is 2.41. The quantitative estimate of drug-likeness (QED) is 0.743. The lowest BCUT2D eigenvalue weighted by Crippen LogP contribution is -2.07. The van der Waals surface area contributed by atoms with Gasteiger partial charge in [0.05, 0.1) is 23.0 Å². The van der Waals surface area contributed by atoms with Crippen LogP contribution >= 0.6 is 11.6 Å². The van der Waals surface area contributed by atoms with Crippen molar-refractivity contribution in [3.8, 4) is 5.69 Å². The monoisotopic (exact) mass is 258 g/mol. The molecule has 92 valence electrons. The van der Waals surface area contributed by atoms with Crippen LogP contribution < -0.4 is 0 Å². The first-order valence-corrected chi connectivity index (χ1v) is 6.73. The van der Waals surface area contributed by atoms with E-state index in [4.69, 9.17) is 11.6 Å². The largest absolute Gasteiger partial charge is 0.233 e. The zero-order valence-electron chi connectivity index (χ0n) is 10.1. The van der Waals surface area contributed by atoms with Crippen molar-refractivity contribution in [1.82, 2.24) is 9.78 Å². The van der Waals surface area contributed by atoms with Crippen LogP contribution in [0.4, 0.5) is 0 Å². The Labute approximate surface area is 112 Å². The van der Waals surface area contributed by atoms with Crippen LogP contribution in [0.25, 0.3) is 11.3 Å². The summed E-state index contributed by atoms with van der Waals surface area (Å²) < 4.78 is 1.99. The molecule has 0 fully saturated rings. The Morgan fingerprint density at radius 3 is 2.78 bits per heavy atom. The summed E-state index contributed by atoms with van der Waals surface area (Å²) >= 11 is 6.22. The standard InChI is InChI=1S/C15H15ClN2/c16-13-6-4-5-12(11-13)15-9-10-17-18(15)14-7-2-1-3-8-14/h1-3,7-11,13H,4-6H2. The van der Waals surface area contributed by atoms with Crippen molar-refractivity contribution in [3.63, 3.8) is 0 Å². The smallest absolute Gasteiger partial charge is 0.0697 e. The van der Waals surface area contributed by atoms with E-state index in [2.05, 4.69) is 29.4 Å². The van der Waals surface area contributed by atoms with Crippen molar-refractivity contribution in [2.75, 3.05) is 0 Å². The summed E-state index contributed by atoms with van der Waals surface area (Å²) in [7, 11) is 0. The Morgan fingerprint density at radius 1 is 1.17 bits per heavy atom. The van der Waals surface area contributed by atoms with Gasteiger partial charge < -0.3 is 0 Å². The molecule has 0 bridgehead atoms. The number of halogens is 1. The van der Waals surface area contributed by atoms with Crippen LogP contribution in [0.2, 0.25) is 0 Å². The van der Waals surface area contributed by atoms with Gasteiger partial charge in [0.2, 0.25) is 0 Å². The summed E-state index contributed by atoms with van der Waals surface area (Å²) in [5.74, 6) is 0. The fraction of sp³-hybridized carbons (Fsp3) is 0.267. The number of alkyl halides is 1. The maximum absolute atomic E-state index is 6.22. The maximum atomic E-state index is 6.22. The second kappa shape index (κ2) is 4.99. The zero-order chi connectivity index (χ0) is 12.4. The first-order chi connectivity index (χ1) is 8.84. The van der Waals surface area contributed by atoms with Gasteiger partial charge in [-0.15, -0.1) is 11.6 Å². The van der Waals surface area contributed by atoms with E-state index in [1.54, 1.807) is 0 Å². The molecule has 1 aromatic carbocycles. The molecule has 1 atom stereocenters. The Bertz CT molecular complexity index is 557. The fourth-order valence-corrected chi connectivity index (χ4v) is 2.71. The van der Waals surface area contributed by atoms with Crippen molar-refractivity contribution in [2.24, 2.45) is 0 Å². The van der Waals surface area contributed by atoms with Crippen LogP contribution in [0.3, 0.4) is 0 Å². The van der Waals surface area contributed by atoms with E-state index in [1.807, 2.05) is 29.1 Å². The minimum absolute atomic E-state index is 0.160. The van der Waals surface area contributed by atoms with Gasteiger partial charge in [-0.25, -0.2) is 4.68 Å². The summed E-state index contributed by atoms with van der Waals surface area (Å²) in [6, 6.07) is 12.3. The first kappa shape index (κ1) is 11.5. The molecule has 3 rings (SSSR count). The van der Waals surface area contributed by atoms with Gasteiger partial charge in [-0.1, -0.05) is 24.3 Å². The Kier molecular flexibility index (Phi) is 3.20. The van der Waals surface area contributed by atoms with E-state index in [-0.39, 0.29) is 5.38 Å². The third-order valence-corrected chi connectivity index (χ3v) is 3.62. The van der Waals surface area contributed by atoms with Crippen LogP contribution in [-0.4, -0.2) is 15.2 Å². The molecule has 0 amide bonds. The number of para-hydroxylation sites is 1. The number of benzene rings is 1. The highest BCUT2D eigenvalue weighted by Gasteiger charge is 2.16. The Balaban J connectivity index is 2.02. The zero-order valence-corrected chi connectivity index (χ0v) is 10.8. The molecular weight excluding hydrogens is 244 g/mol. The predicted molar refractivity (Wildman–Crippen MR) is 75.0 cm³/mol. The van der Waals surface area contributed by atoms with Crippen LogP contribution in [0.1, 0.15) is 25.0 Å². The minimum atomic E-state index is 0.160. The lowest BCUT2D eigenvalue weighted by Gasteiger charge is -2.17. The van der Waals surface area contributed by atoms with Crippen LogP contribution in [0.5, 0.6) is 0 Å².